The average molecular weight is 319 g/mol. The second-order valence-electron chi connectivity index (χ2n) is 5.37. The van der Waals surface area contributed by atoms with E-state index in [0.717, 1.165) is 13.0 Å². The smallest absolute Gasteiger partial charge is 0.276 e. The lowest BCUT2D eigenvalue weighted by Gasteiger charge is -2.08. The minimum atomic E-state index is -0.302. The van der Waals surface area contributed by atoms with E-state index in [0.29, 0.717) is 22.4 Å². The predicted molar refractivity (Wildman–Crippen MR) is 89.4 cm³/mol. The third-order valence-electron chi connectivity index (χ3n) is 3.03. The first kappa shape index (κ1) is 16.2. The number of carbonyl (C=O) groups is 1. The molecule has 1 aromatic heterocycles. The molecule has 0 spiro atoms. The van der Waals surface area contributed by atoms with Crippen LogP contribution in [0.3, 0.4) is 0 Å². The summed E-state index contributed by atoms with van der Waals surface area (Å²) in [5, 5.41) is 14.5. The van der Waals surface area contributed by atoms with Crippen molar-refractivity contribution in [2.45, 2.75) is 20.3 Å². The topological polar surface area (TPSA) is 66.9 Å². The molecule has 0 fully saturated rings. The van der Waals surface area contributed by atoms with E-state index in [2.05, 4.69) is 34.7 Å². The van der Waals surface area contributed by atoms with Crippen LogP contribution in [0.15, 0.2) is 36.4 Å². The Labute approximate surface area is 135 Å². The highest BCUT2D eigenvalue weighted by molar-refractivity contribution is 6.30. The quantitative estimate of drug-likeness (QED) is 0.849. The van der Waals surface area contributed by atoms with Crippen LogP contribution in [0.25, 0.3) is 0 Å². The maximum atomic E-state index is 12.0. The zero-order valence-corrected chi connectivity index (χ0v) is 13.4. The Morgan fingerprint density at radius 3 is 2.45 bits per heavy atom. The largest absolute Gasteiger partial charge is 0.369 e. The van der Waals surface area contributed by atoms with Gasteiger partial charge in [-0.2, -0.15) is 0 Å². The molecule has 2 N–H and O–H groups in total. The van der Waals surface area contributed by atoms with Crippen LogP contribution in [-0.2, 0) is 0 Å². The Morgan fingerprint density at radius 2 is 1.86 bits per heavy atom. The Morgan fingerprint density at radius 1 is 1.14 bits per heavy atom. The SMILES string of the molecule is CC(C)CCNc1ccc(C(=O)Nc2ccc(Cl)cc2)nn1. The number of amides is 1. The number of halogens is 1. The van der Waals surface area contributed by atoms with Crippen LogP contribution in [0.2, 0.25) is 5.02 Å². The van der Waals surface area contributed by atoms with E-state index in [1.165, 1.54) is 0 Å². The molecule has 5 nitrogen and oxygen atoms in total. The van der Waals surface area contributed by atoms with Crippen LogP contribution in [0.1, 0.15) is 30.8 Å². The standard InChI is InChI=1S/C16H19ClN4O/c1-11(2)9-10-18-15-8-7-14(20-21-15)16(22)19-13-5-3-12(17)4-6-13/h3-8,11H,9-10H2,1-2H3,(H,18,21)(H,19,22). The van der Waals surface area contributed by atoms with E-state index < -0.39 is 0 Å². The molecule has 0 unspecified atom stereocenters. The first-order valence-electron chi connectivity index (χ1n) is 7.19. The first-order valence-corrected chi connectivity index (χ1v) is 7.57. The van der Waals surface area contributed by atoms with Crippen molar-refractivity contribution in [1.82, 2.24) is 10.2 Å². The molecule has 0 aliphatic heterocycles. The highest BCUT2D eigenvalue weighted by atomic mass is 35.5. The number of hydrogen-bond donors (Lipinski definition) is 2. The number of benzene rings is 1. The van der Waals surface area contributed by atoms with Gasteiger partial charge in [0.2, 0.25) is 0 Å². The lowest BCUT2D eigenvalue weighted by atomic mass is 10.1. The van der Waals surface area contributed by atoms with Gasteiger partial charge in [0.25, 0.3) is 5.91 Å². The van der Waals surface area contributed by atoms with Crippen LogP contribution in [0, 0.1) is 5.92 Å². The van der Waals surface area contributed by atoms with Gasteiger partial charge in [0.1, 0.15) is 5.82 Å². The minimum absolute atomic E-state index is 0.268. The molecule has 0 saturated carbocycles. The van der Waals surface area contributed by atoms with E-state index in [1.807, 2.05) is 0 Å². The molecule has 1 heterocycles. The molecule has 0 aliphatic rings. The summed E-state index contributed by atoms with van der Waals surface area (Å²) in [6.07, 6.45) is 1.06. The monoisotopic (exact) mass is 318 g/mol. The molecule has 0 atom stereocenters. The third kappa shape index (κ3) is 5.00. The Kier molecular flexibility index (Phi) is 5.72. The van der Waals surface area contributed by atoms with Gasteiger partial charge in [-0.1, -0.05) is 25.4 Å². The number of rotatable bonds is 6. The minimum Gasteiger partial charge on any atom is -0.369 e. The van der Waals surface area contributed by atoms with E-state index >= 15 is 0 Å². The van der Waals surface area contributed by atoms with Crippen LogP contribution in [0.5, 0.6) is 0 Å². The molecule has 0 bridgehead atoms. The summed E-state index contributed by atoms with van der Waals surface area (Å²) in [5.74, 6) is 0.997. The second-order valence-corrected chi connectivity index (χ2v) is 5.81. The summed E-state index contributed by atoms with van der Waals surface area (Å²) in [7, 11) is 0. The van der Waals surface area contributed by atoms with Gasteiger partial charge < -0.3 is 10.6 Å². The summed E-state index contributed by atoms with van der Waals surface area (Å²) < 4.78 is 0. The molecule has 1 amide bonds. The predicted octanol–water partition coefficient (Wildman–Crippen LogP) is 3.84. The van der Waals surface area contributed by atoms with Gasteiger partial charge in [-0.15, -0.1) is 10.2 Å². The molecule has 1 aromatic carbocycles. The number of aromatic nitrogens is 2. The van der Waals surface area contributed by atoms with Crippen molar-refractivity contribution in [3.8, 4) is 0 Å². The number of anilines is 2. The molecule has 0 radical (unpaired) electrons. The van der Waals surface area contributed by atoms with Crippen molar-refractivity contribution in [3.63, 3.8) is 0 Å². The van der Waals surface area contributed by atoms with Gasteiger partial charge >= 0.3 is 0 Å². The lowest BCUT2D eigenvalue weighted by Crippen LogP contribution is -2.15. The summed E-state index contributed by atoms with van der Waals surface area (Å²) in [6, 6.07) is 10.3. The highest BCUT2D eigenvalue weighted by Crippen LogP contribution is 2.14. The lowest BCUT2D eigenvalue weighted by molar-refractivity contribution is 0.102. The zero-order chi connectivity index (χ0) is 15.9. The van der Waals surface area contributed by atoms with Crippen molar-refractivity contribution in [2.24, 2.45) is 5.92 Å². The van der Waals surface area contributed by atoms with Gasteiger partial charge in [-0.05, 0) is 48.7 Å². The van der Waals surface area contributed by atoms with Crippen molar-refractivity contribution in [1.29, 1.82) is 0 Å². The van der Waals surface area contributed by atoms with Crippen LogP contribution in [0.4, 0.5) is 11.5 Å². The van der Waals surface area contributed by atoms with Crippen LogP contribution >= 0.6 is 11.6 Å². The molecule has 2 aromatic rings. The molecule has 116 valence electrons. The number of nitrogens with one attached hydrogen (secondary N) is 2. The fourth-order valence-electron chi connectivity index (χ4n) is 1.76. The Balaban J connectivity index is 1.91. The summed E-state index contributed by atoms with van der Waals surface area (Å²) in [5.41, 5.74) is 0.930. The summed E-state index contributed by atoms with van der Waals surface area (Å²) >= 11 is 5.80. The maximum absolute atomic E-state index is 12.0. The Bertz CT molecular complexity index is 611. The number of nitrogens with zero attached hydrogens (tertiary/aromatic N) is 2. The first-order chi connectivity index (χ1) is 10.5. The fourth-order valence-corrected chi connectivity index (χ4v) is 1.89. The van der Waals surface area contributed by atoms with Crippen molar-refractivity contribution in [3.05, 3.63) is 47.1 Å². The molecular formula is C16H19ClN4O. The fraction of sp³-hybridized carbons (Fsp3) is 0.312. The molecule has 6 heteroatoms. The summed E-state index contributed by atoms with van der Waals surface area (Å²) in [4.78, 5) is 12.0. The van der Waals surface area contributed by atoms with E-state index in [-0.39, 0.29) is 11.6 Å². The second kappa shape index (κ2) is 7.75. The van der Waals surface area contributed by atoms with Crippen molar-refractivity contribution >= 4 is 29.0 Å². The number of hydrogen-bond acceptors (Lipinski definition) is 4. The molecule has 22 heavy (non-hydrogen) atoms. The normalized spacial score (nSPS) is 10.5. The number of carbonyl (C=O) groups excluding carboxylic acids is 1. The van der Waals surface area contributed by atoms with Crippen molar-refractivity contribution < 1.29 is 4.79 Å². The zero-order valence-electron chi connectivity index (χ0n) is 12.6. The Hall–Kier alpha value is -2.14. The van der Waals surface area contributed by atoms with Gasteiger partial charge in [0.05, 0.1) is 0 Å². The molecule has 2 rings (SSSR count). The van der Waals surface area contributed by atoms with E-state index in [1.54, 1.807) is 36.4 Å². The van der Waals surface area contributed by atoms with Gasteiger partial charge in [-0.3, -0.25) is 4.79 Å². The summed E-state index contributed by atoms with van der Waals surface area (Å²) in [6.45, 7) is 5.16. The molecular weight excluding hydrogens is 300 g/mol. The van der Waals surface area contributed by atoms with Gasteiger partial charge in [0.15, 0.2) is 5.69 Å². The van der Waals surface area contributed by atoms with Gasteiger partial charge in [-0.25, -0.2) is 0 Å². The van der Waals surface area contributed by atoms with E-state index in [4.69, 9.17) is 11.6 Å². The average Bonchev–Trinajstić information content (AvgIpc) is 2.50. The van der Waals surface area contributed by atoms with E-state index in [9.17, 15) is 4.79 Å². The highest BCUT2D eigenvalue weighted by Gasteiger charge is 2.08. The molecule has 0 aliphatic carbocycles. The van der Waals surface area contributed by atoms with Crippen LogP contribution < -0.4 is 10.6 Å². The van der Waals surface area contributed by atoms with Gasteiger partial charge in [0, 0.05) is 17.3 Å². The maximum Gasteiger partial charge on any atom is 0.276 e. The van der Waals surface area contributed by atoms with Crippen LogP contribution in [-0.4, -0.2) is 22.6 Å². The molecule has 0 saturated heterocycles. The third-order valence-corrected chi connectivity index (χ3v) is 3.28. The van der Waals surface area contributed by atoms with Crippen molar-refractivity contribution in [2.75, 3.05) is 17.2 Å².